The van der Waals surface area contributed by atoms with Crippen LogP contribution in [0.1, 0.15) is 24.8 Å². The molecule has 0 amide bonds. The van der Waals surface area contributed by atoms with Crippen LogP contribution in [-0.4, -0.2) is 11.1 Å². The predicted molar refractivity (Wildman–Crippen MR) is 56.2 cm³/mol. The Morgan fingerprint density at radius 3 is 2.57 bits per heavy atom. The van der Waals surface area contributed by atoms with Gasteiger partial charge in [-0.3, -0.25) is 4.79 Å². The Morgan fingerprint density at radius 1 is 1.43 bits per heavy atom. The van der Waals surface area contributed by atoms with Gasteiger partial charge in [0, 0.05) is 5.92 Å². The van der Waals surface area contributed by atoms with Gasteiger partial charge in [-0.25, -0.2) is 0 Å². The molecule has 1 unspecified atom stereocenters. The first-order valence-electron chi connectivity index (χ1n) is 4.63. The van der Waals surface area contributed by atoms with Crippen LogP contribution >= 0.6 is 0 Å². The number of hydrogen-bond donors (Lipinski definition) is 1. The molecular weight excluding hydrogens is 176 g/mol. The number of rotatable bonds is 4. The second kappa shape index (κ2) is 5.22. The van der Waals surface area contributed by atoms with E-state index in [2.05, 4.69) is 0 Å². The lowest BCUT2D eigenvalue weighted by atomic mass is 9.95. The third-order valence-corrected chi connectivity index (χ3v) is 2.05. The topological polar surface area (TPSA) is 37.3 Å². The fraction of sp³-hybridized carbons (Fsp3) is 0.250. The van der Waals surface area contributed by atoms with Crippen molar-refractivity contribution in [2.45, 2.75) is 19.3 Å². The molecule has 0 heterocycles. The highest BCUT2D eigenvalue weighted by molar-refractivity contribution is 5.68. The van der Waals surface area contributed by atoms with E-state index in [1.165, 1.54) is 0 Å². The normalized spacial score (nSPS) is 12.9. The smallest absolute Gasteiger partial charge is 0.304 e. The van der Waals surface area contributed by atoms with E-state index in [1.807, 2.05) is 49.4 Å². The van der Waals surface area contributed by atoms with Crippen LogP contribution < -0.4 is 0 Å². The zero-order valence-corrected chi connectivity index (χ0v) is 8.18. The molecule has 0 saturated heterocycles. The highest BCUT2D eigenvalue weighted by Gasteiger charge is 2.11. The summed E-state index contributed by atoms with van der Waals surface area (Å²) >= 11 is 0. The van der Waals surface area contributed by atoms with Crippen LogP contribution in [0.2, 0.25) is 0 Å². The summed E-state index contributed by atoms with van der Waals surface area (Å²) in [6.07, 6.45) is 3.96. The molecule has 0 fully saturated rings. The molecule has 0 aliphatic rings. The Bertz CT molecular complexity index is 314. The van der Waals surface area contributed by atoms with E-state index in [0.29, 0.717) is 0 Å². The molecule has 0 aromatic heterocycles. The summed E-state index contributed by atoms with van der Waals surface area (Å²) in [4.78, 5) is 10.6. The van der Waals surface area contributed by atoms with Crippen molar-refractivity contribution >= 4 is 5.97 Å². The molecule has 0 bridgehead atoms. The number of aliphatic carboxylic acids is 1. The summed E-state index contributed by atoms with van der Waals surface area (Å²) in [7, 11) is 0. The Kier molecular flexibility index (Phi) is 3.92. The van der Waals surface area contributed by atoms with Gasteiger partial charge in [0.25, 0.3) is 0 Å². The van der Waals surface area contributed by atoms with Crippen molar-refractivity contribution in [2.24, 2.45) is 0 Å². The molecule has 1 aromatic rings. The van der Waals surface area contributed by atoms with Crippen molar-refractivity contribution in [2.75, 3.05) is 0 Å². The van der Waals surface area contributed by atoms with Gasteiger partial charge in [-0.1, -0.05) is 42.5 Å². The summed E-state index contributed by atoms with van der Waals surface area (Å²) < 4.78 is 0. The molecule has 1 N–H and O–H groups in total. The maximum Gasteiger partial charge on any atom is 0.304 e. The summed E-state index contributed by atoms with van der Waals surface area (Å²) in [5.41, 5.74) is 1.05. The standard InChI is InChI=1S/C12H14O2/c1-2-6-11(9-12(13)14)10-7-4-3-5-8-10/h2-8,11H,9H2,1H3,(H,13,14)/b6-2+. The van der Waals surface area contributed by atoms with E-state index >= 15 is 0 Å². The van der Waals surface area contributed by atoms with Gasteiger partial charge in [0.05, 0.1) is 6.42 Å². The molecule has 2 nitrogen and oxygen atoms in total. The van der Waals surface area contributed by atoms with Gasteiger partial charge in [-0.15, -0.1) is 0 Å². The molecule has 0 radical (unpaired) electrons. The van der Waals surface area contributed by atoms with Gasteiger partial charge in [0.15, 0.2) is 0 Å². The molecule has 0 saturated carbocycles. The van der Waals surface area contributed by atoms with E-state index < -0.39 is 5.97 Å². The number of carboxylic acid groups (broad SMARTS) is 1. The first-order chi connectivity index (χ1) is 6.74. The van der Waals surface area contributed by atoms with Crippen molar-refractivity contribution in [3.63, 3.8) is 0 Å². The van der Waals surface area contributed by atoms with E-state index in [4.69, 9.17) is 5.11 Å². The van der Waals surface area contributed by atoms with Crippen molar-refractivity contribution in [1.82, 2.24) is 0 Å². The SMILES string of the molecule is C/C=C/C(CC(=O)O)c1ccccc1. The molecule has 1 rings (SSSR count). The summed E-state index contributed by atoms with van der Waals surface area (Å²) in [6.45, 7) is 1.90. The minimum Gasteiger partial charge on any atom is -0.481 e. The average Bonchev–Trinajstić information content (AvgIpc) is 2.18. The number of hydrogen-bond acceptors (Lipinski definition) is 1. The van der Waals surface area contributed by atoms with Crippen molar-refractivity contribution < 1.29 is 9.90 Å². The molecule has 0 aliphatic carbocycles. The first-order valence-corrected chi connectivity index (χ1v) is 4.63. The van der Waals surface area contributed by atoms with Gasteiger partial charge in [0.2, 0.25) is 0 Å². The average molecular weight is 190 g/mol. The number of benzene rings is 1. The fourth-order valence-electron chi connectivity index (χ4n) is 1.42. The highest BCUT2D eigenvalue weighted by atomic mass is 16.4. The third kappa shape index (κ3) is 3.05. The van der Waals surface area contributed by atoms with Crippen LogP contribution in [0.25, 0.3) is 0 Å². The molecular formula is C12H14O2. The van der Waals surface area contributed by atoms with Gasteiger partial charge >= 0.3 is 5.97 Å². The van der Waals surface area contributed by atoms with Crippen LogP contribution in [0, 0.1) is 0 Å². The Labute approximate surface area is 83.9 Å². The largest absolute Gasteiger partial charge is 0.481 e. The van der Waals surface area contributed by atoms with Gasteiger partial charge in [-0.2, -0.15) is 0 Å². The minimum atomic E-state index is -0.767. The lowest BCUT2D eigenvalue weighted by Gasteiger charge is -2.09. The quantitative estimate of drug-likeness (QED) is 0.741. The molecule has 14 heavy (non-hydrogen) atoms. The maximum absolute atomic E-state index is 10.6. The lowest BCUT2D eigenvalue weighted by Crippen LogP contribution is -2.03. The predicted octanol–water partition coefficient (Wildman–Crippen LogP) is 2.82. The van der Waals surface area contributed by atoms with Crippen molar-refractivity contribution in [1.29, 1.82) is 0 Å². The van der Waals surface area contributed by atoms with E-state index in [0.717, 1.165) is 5.56 Å². The van der Waals surface area contributed by atoms with Crippen molar-refractivity contribution in [3.8, 4) is 0 Å². The second-order valence-electron chi connectivity index (χ2n) is 3.14. The Hall–Kier alpha value is -1.57. The van der Waals surface area contributed by atoms with Crippen LogP contribution in [0.3, 0.4) is 0 Å². The maximum atomic E-state index is 10.6. The highest BCUT2D eigenvalue weighted by Crippen LogP contribution is 2.20. The van der Waals surface area contributed by atoms with E-state index in [9.17, 15) is 4.79 Å². The molecule has 1 aromatic carbocycles. The van der Waals surface area contributed by atoms with Gasteiger partial charge < -0.3 is 5.11 Å². The molecule has 0 spiro atoms. The summed E-state index contributed by atoms with van der Waals surface area (Å²) in [5.74, 6) is -0.782. The van der Waals surface area contributed by atoms with Crippen molar-refractivity contribution in [3.05, 3.63) is 48.0 Å². The zero-order valence-electron chi connectivity index (χ0n) is 8.18. The number of carboxylic acids is 1. The number of carbonyl (C=O) groups is 1. The monoisotopic (exact) mass is 190 g/mol. The molecule has 2 heteroatoms. The van der Waals surface area contributed by atoms with Crippen LogP contribution in [-0.2, 0) is 4.79 Å². The van der Waals surface area contributed by atoms with Gasteiger partial charge in [0.1, 0.15) is 0 Å². The van der Waals surface area contributed by atoms with E-state index in [-0.39, 0.29) is 12.3 Å². The van der Waals surface area contributed by atoms with Crippen LogP contribution in [0.5, 0.6) is 0 Å². The fourth-order valence-corrected chi connectivity index (χ4v) is 1.42. The molecule has 74 valence electrons. The molecule has 0 aliphatic heterocycles. The lowest BCUT2D eigenvalue weighted by molar-refractivity contribution is -0.137. The van der Waals surface area contributed by atoms with Crippen LogP contribution in [0.4, 0.5) is 0 Å². The molecule has 1 atom stereocenters. The first kappa shape index (κ1) is 10.5. The minimum absolute atomic E-state index is 0.0151. The van der Waals surface area contributed by atoms with Crippen LogP contribution in [0.15, 0.2) is 42.5 Å². The number of allylic oxidation sites excluding steroid dienone is 2. The van der Waals surface area contributed by atoms with Gasteiger partial charge in [-0.05, 0) is 12.5 Å². The summed E-state index contributed by atoms with van der Waals surface area (Å²) in [6, 6.07) is 9.68. The van der Waals surface area contributed by atoms with E-state index in [1.54, 1.807) is 0 Å². The third-order valence-electron chi connectivity index (χ3n) is 2.05. The Balaban J connectivity index is 2.83. The second-order valence-corrected chi connectivity index (χ2v) is 3.14. The summed E-state index contributed by atoms with van der Waals surface area (Å²) in [5, 5.41) is 8.74. The zero-order chi connectivity index (χ0) is 10.4. The Morgan fingerprint density at radius 2 is 2.07 bits per heavy atom.